The van der Waals surface area contributed by atoms with E-state index in [1.54, 1.807) is 7.05 Å². The highest BCUT2D eigenvalue weighted by molar-refractivity contribution is 5.95. The molecule has 0 bridgehead atoms. The van der Waals surface area contributed by atoms with Crippen LogP contribution < -0.4 is 10.1 Å². The summed E-state index contributed by atoms with van der Waals surface area (Å²) in [6, 6.07) is 14.9. The Bertz CT molecular complexity index is 1340. The smallest absolute Gasteiger partial charge is 0.309 e. The van der Waals surface area contributed by atoms with Gasteiger partial charge in [0.1, 0.15) is 17.7 Å². The predicted molar refractivity (Wildman–Crippen MR) is 140 cm³/mol. The molecule has 1 fully saturated rings. The molecule has 3 aromatic rings. The van der Waals surface area contributed by atoms with Crippen molar-refractivity contribution >= 4 is 11.9 Å². The molecule has 0 heterocycles. The second kappa shape index (κ2) is 10.0. The van der Waals surface area contributed by atoms with Crippen molar-refractivity contribution in [2.24, 2.45) is 5.92 Å². The van der Waals surface area contributed by atoms with Crippen molar-refractivity contribution in [2.45, 2.75) is 52.1 Å². The number of halogens is 1. The molecule has 0 radical (unpaired) electrons. The van der Waals surface area contributed by atoms with Crippen LogP contribution in [-0.4, -0.2) is 25.5 Å². The van der Waals surface area contributed by atoms with Crippen molar-refractivity contribution in [3.05, 3.63) is 87.7 Å². The zero-order valence-corrected chi connectivity index (χ0v) is 21.7. The summed E-state index contributed by atoms with van der Waals surface area (Å²) >= 11 is 0. The number of carbonyl (C=O) groups excluding carboxylic acids is 2. The van der Waals surface area contributed by atoms with Gasteiger partial charge in [0.2, 0.25) is 0 Å². The molecule has 192 valence electrons. The van der Waals surface area contributed by atoms with Gasteiger partial charge in [-0.2, -0.15) is 0 Å². The quantitative estimate of drug-likeness (QED) is 0.392. The minimum Gasteiger partial charge on any atom is -0.486 e. The van der Waals surface area contributed by atoms with E-state index in [9.17, 15) is 9.59 Å². The van der Waals surface area contributed by atoms with Crippen LogP contribution >= 0.6 is 0 Å². The lowest BCUT2D eigenvalue weighted by Gasteiger charge is -2.19. The third-order valence-electron chi connectivity index (χ3n) is 7.54. The third kappa shape index (κ3) is 4.73. The van der Waals surface area contributed by atoms with Gasteiger partial charge in [0.05, 0.1) is 12.5 Å². The van der Waals surface area contributed by atoms with E-state index in [0.29, 0.717) is 36.3 Å². The Labute approximate surface area is 217 Å². The molecular weight excluding hydrogens is 469 g/mol. The normalized spacial score (nSPS) is 19.8. The summed E-state index contributed by atoms with van der Waals surface area (Å²) in [6.45, 7) is 6.19. The molecule has 0 spiro atoms. The topological polar surface area (TPSA) is 64.6 Å². The van der Waals surface area contributed by atoms with Crippen LogP contribution in [0.5, 0.6) is 5.75 Å². The number of rotatable bonds is 7. The number of fused-ring (bicyclic) bond motifs is 1. The highest BCUT2D eigenvalue weighted by atomic mass is 19.1. The highest BCUT2D eigenvalue weighted by Gasteiger charge is 2.45. The Hall–Kier alpha value is -3.67. The molecule has 6 heteroatoms. The number of hydrogen-bond acceptors (Lipinski definition) is 4. The van der Waals surface area contributed by atoms with Crippen LogP contribution in [0.15, 0.2) is 48.5 Å². The Morgan fingerprint density at radius 1 is 1.05 bits per heavy atom. The maximum absolute atomic E-state index is 15.1. The number of ether oxygens (including phenoxy) is 2. The summed E-state index contributed by atoms with van der Waals surface area (Å²) in [5.74, 6) is 0.308. The first kappa shape index (κ1) is 25.0. The van der Waals surface area contributed by atoms with E-state index in [1.165, 1.54) is 6.07 Å². The number of benzene rings is 3. The Balaban J connectivity index is 1.38. The van der Waals surface area contributed by atoms with Crippen molar-refractivity contribution in [3.63, 3.8) is 0 Å². The molecule has 0 aliphatic heterocycles. The van der Waals surface area contributed by atoms with E-state index in [2.05, 4.69) is 5.32 Å². The van der Waals surface area contributed by atoms with Gasteiger partial charge < -0.3 is 14.8 Å². The van der Waals surface area contributed by atoms with Crippen molar-refractivity contribution in [1.82, 2.24) is 5.32 Å². The second-order valence-electron chi connectivity index (χ2n) is 9.97. The SMILES string of the molecule is CCOC(=O)[C@H]1C[C@@H]1c1ccc(O[C@@H]2CCc3c(-c4c(C)cc(C(=O)NC)cc4C)ccc(F)c32)cc1. The fraction of sp³-hybridized carbons (Fsp3) is 0.355. The molecule has 1 N–H and O–H groups in total. The van der Waals surface area contributed by atoms with Crippen molar-refractivity contribution < 1.29 is 23.5 Å². The van der Waals surface area contributed by atoms with E-state index in [4.69, 9.17) is 9.47 Å². The molecule has 1 saturated carbocycles. The molecule has 1 amide bonds. The molecular formula is C31H32FNO4. The Kier molecular flexibility index (Phi) is 6.76. The molecule has 5 nitrogen and oxygen atoms in total. The van der Waals surface area contributed by atoms with Gasteiger partial charge in [-0.15, -0.1) is 0 Å². The molecule has 37 heavy (non-hydrogen) atoms. The van der Waals surface area contributed by atoms with Crippen LogP contribution in [0.1, 0.15) is 70.0 Å². The lowest BCUT2D eigenvalue weighted by atomic mass is 9.89. The maximum atomic E-state index is 15.1. The molecule has 0 unspecified atom stereocenters. The van der Waals surface area contributed by atoms with E-state index < -0.39 is 0 Å². The third-order valence-corrected chi connectivity index (χ3v) is 7.54. The summed E-state index contributed by atoms with van der Waals surface area (Å²) in [5, 5.41) is 2.67. The van der Waals surface area contributed by atoms with Crippen molar-refractivity contribution in [1.29, 1.82) is 0 Å². The molecule has 0 saturated heterocycles. The summed E-state index contributed by atoms with van der Waals surface area (Å²) in [5.41, 5.74) is 7.28. The molecule has 5 rings (SSSR count). The largest absolute Gasteiger partial charge is 0.486 e. The summed E-state index contributed by atoms with van der Waals surface area (Å²) in [4.78, 5) is 24.1. The number of carbonyl (C=O) groups is 2. The highest BCUT2D eigenvalue weighted by Crippen LogP contribution is 2.49. The number of esters is 1. The molecule has 0 aromatic heterocycles. The maximum Gasteiger partial charge on any atom is 0.309 e. The van der Waals surface area contributed by atoms with Gasteiger partial charge in [0.15, 0.2) is 0 Å². The minimum atomic E-state index is -0.375. The Morgan fingerprint density at radius 2 is 1.76 bits per heavy atom. The molecule has 3 aromatic carbocycles. The predicted octanol–water partition coefficient (Wildman–Crippen LogP) is 6.20. The van der Waals surface area contributed by atoms with Gasteiger partial charge in [-0.1, -0.05) is 18.2 Å². The zero-order chi connectivity index (χ0) is 26.3. The first-order chi connectivity index (χ1) is 17.8. The minimum absolute atomic E-state index is 0.0571. The number of aryl methyl sites for hydroxylation is 2. The Morgan fingerprint density at radius 3 is 2.41 bits per heavy atom. The van der Waals surface area contributed by atoms with Crippen LogP contribution in [0, 0.1) is 25.6 Å². The van der Waals surface area contributed by atoms with Gasteiger partial charge in [0, 0.05) is 18.2 Å². The van der Waals surface area contributed by atoms with E-state index in [-0.39, 0.29) is 35.6 Å². The van der Waals surface area contributed by atoms with Gasteiger partial charge in [-0.05, 0) is 110 Å². The van der Waals surface area contributed by atoms with E-state index in [0.717, 1.165) is 39.8 Å². The van der Waals surface area contributed by atoms with Gasteiger partial charge in [-0.25, -0.2) is 4.39 Å². The summed E-state index contributed by atoms with van der Waals surface area (Å²) in [7, 11) is 1.62. The van der Waals surface area contributed by atoms with Gasteiger partial charge in [-0.3, -0.25) is 9.59 Å². The summed E-state index contributed by atoms with van der Waals surface area (Å²) < 4.78 is 26.6. The first-order valence-electron chi connectivity index (χ1n) is 12.9. The number of amides is 1. The van der Waals surface area contributed by atoms with Crippen LogP contribution in [0.2, 0.25) is 0 Å². The van der Waals surface area contributed by atoms with Crippen LogP contribution in [0.4, 0.5) is 4.39 Å². The fourth-order valence-electron chi connectivity index (χ4n) is 5.72. The average Bonchev–Trinajstić information content (AvgIpc) is 3.58. The lowest BCUT2D eigenvalue weighted by molar-refractivity contribution is -0.144. The monoisotopic (exact) mass is 501 g/mol. The van der Waals surface area contributed by atoms with Crippen molar-refractivity contribution in [3.8, 4) is 16.9 Å². The standard InChI is InChI=1S/C31H32FNO4/c1-5-36-31(35)25-16-24(25)19-6-8-21(9-7-19)37-27-13-11-23-22(10-12-26(32)29(23)27)28-17(2)14-20(15-18(28)3)30(34)33-4/h6-10,12,14-15,24-25,27H,5,11,13,16H2,1-4H3,(H,33,34)/t24-,25+,27-/m1/s1. The van der Waals surface area contributed by atoms with E-state index in [1.807, 2.05) is 63.2 Å². The van der Waals surface area contributed by atoms with Crippen LogP contribution in [-0.2, 0) is 16.0 Å². The first-order valence-corrected chi connectivity index (χ1v) is 12.9. The summed E-state index contributed by atoms with van der Waals surface area (Å²) in [6.07, 6.45) is 1.84. The van der Waals surface area contributed by atoms with Gasteiger partial charge >= 0.3 is 5.97 Å². The van der Waals surface area contributed by atoms with Crippen molar-refractivity contribution in [2.75, 3.05) is 13.7 Å². The number of hydrogen-bond donors (Lipinski definition) is 1. The van der Waals surface area contributed by atoms with Gasteiger partial charge in [0.25, 0.3) is 5.91 Å². The average molecular weight is 502 g/mol. The van der Waals surface area contributed by atoms with E-state index >= 15 is 4.39 Å². The fourth-order valence-corrected chi connectivity index (χ4v) is 5.72. The molecule has 2 aliphatic rings. The zero-order valence-electron chi connectivity index (χ0n) is 21.7. The lowest BCUT2D eigenvalue weighted by Crippen LogP contribution is -2.18. The molecule has 3 atom stereocenters. The van der Waals surface area contributed by atoms with Crippen LogP contribution in [0.3, 0.4) is 0 Å². The second-order valence-corrected chi connectivity index (χ2v) is 9.97. The van der Waals surface area contributed by atoms with Crippen LogP contribution in [0.25, 0.3) is 11.1 Å². The number of nitrogens with one attached hydrogen (secondary N) is 1. The molecule has 2 aliphatic carbocycles.